The fourth-order valence-corrected chi connectivity index (χ4v) is 3.52. The summed E-state index contributed by atoms with van der Waals surface area (Å²) in [6.07, 6.45) is 10.4. The van der Waals surface area contributed by atoms with E-state index in [4.69, 9.17) is 0 Å². The third-order valence-corrected chi connectivity index (χ3v) is 5.33. The fraction of sp³-hybridized carbons (Fsp3) is 0.944. The van der Waals surface area contributed by atoms with E-state index in [1.54, 1.807) is 0 Å². The van der Waals surface area contributed by atoms with Gasteiger partial charge in [0.1, 0.15) is 0 Å². The summed E-state index contributed by atoms with van der Waals surface area (Å²) in [4.78, 5) is 14.2. The molecule has 3 fully saturated rings. The van der Waals surface area contributed by atoms with E-state index in [9.17, 15) is 4.79 Å². The zero-order valence-electron chi connectivity index (χ0n) is 14.1. The molecule has 3 heteroatoms. The smallest absolute Gasteiger partial charge is 0.225 e. The molecular formula is C18H34N2O. The number of carbonyl (C=O) groups excluding carboxylic acids is 1. The molecule has 3 nitrogen and oxygen atoms in total. The Kier molecular flexibility index (Phi) is 7.01. The maximum absolute atomic E-state index is 12.1. The summed E-state index contributed by atoms with van der Waals surface area (Å²) in [5.74, 6) is 2.32. The number of likely N-dealkylation sites (tertiary alicyclic amines) is 1. The highest BCUT2D eigenvalue weighted by atomic mass is 16.2. The lowest BCUT2D eigenvalue weighted by atomic mass is 9.84. The average molecular weight is 294 g/mol. The van der Waals surface area contributed by atoms with E-state index in [2.05, 4.69) is 24.1 Å². The summed E-state index contributed by atoms with van der Waals surface area (Å²) in [5.41, 5.74) is 0. The van der Waals surface area contributed by atoms with Crippen LogP contribution >= 0.6 is 0 Å². The lowest BCUT2D eigenvalue weighted by molar-refractivity contribution is -0.144. The van der Waals surface area contributed by atoms with Gasteiger partial charge in [-0.2, -0.15) is 0 Å². The van der Waals surface area contributed by atoms with E-state index in [1.165, 1.54) is 51.6 Å². The first-order chi connectivity index (χ1) is 10.2. The summed E-state index contributed by atoms with van der Waals surface area (Å²) in [7, 11) is 0. The van der Waals surface area contributed by atoms with Crippen LogP contribution in [0.2, 0.25) is 0 Å². The van der Waals surface area contributed by atoms with Crippen molar-refractivity contribution in [2.24, 2.45) is 17.8 Å². The number of hydrogen-bond acceptors (Lipinski definition) is 2. The van der Waals surface area contributed by atoms with Gasteiger partial charge < -0.3 is 10.2 Å². The van der Waals surface area contributed by atoms with E-state index in [1.807, 2.05) is 0 Å². The van der Waals surface area contributed by atoms with Crippen LogP contribution in [0.4, 0.5) is 0 Å². The summed E-state index contributed by atoms with van der Waals surface area (Å²) in [5, 5.41) is 3.28. The molecule has 1 N–H and O–H groups in total. The molecule has 2 saturated heterocycles. The van der Waals surface area contributed by atoms with Gasteiger partial charge in [0.2, 0.25) is 5.91 Å². The van der Waals surface area contributed by atoms with E-state index in [0.29, 0.717) is 11.8 Å². The first-order valence-corrected chi connectivity index (χ1v) is 9.18. The van der Waals surface area contributed by atoms with Crippen LogP contribution in [0.1, 0.15) is 65.2 Å². The van der Waals surface area contributed by atoms with Gasteiger partial charge in [0, 0.05) is 19.0 Å². The first-order valence-electron chi connectivity index (χ1n) is 9.18. The Balaban J connectivity index is 0.000000225. The van der Waals surface area contributed by atoms with Gasteiger partial charge in [0.15, 0.2) is 0 Å². The van der Waals surface area contributed by atoms with Crippen molar-refractivity contribution in [1.82, 2.24) is 10.2 Å². The van der Waals surface area contributed by atoms with Crippen LogP contribution in [0.25, 0.3) is 0 Å². The summed E-state index contributed by atoms with van der Waals surface area (Å²) in [6.45, 7) is 9.06. The average Bonchev–Trinajstić information content (AvgIpc) is 2.48. The highest BCUT2D eigenvalue weighted by Crippen LogP contribution is 2.30. The number of nitrogens with zero attached hydrogens (tertiary/aromatic N) is 1. The van der Waals surface area contributed by atoms with Crippen molar-refractivity contribution >= 4 is 5.91 Å². The van der Waals surface area contributed by atoms with Crippen LogP contribution in [0, 0.1) is 17.8 Å². The predicted molar refractivity (Wildman–Crippen MR) is 88.2 cm³/mol. The van der Waals surface area contributed by atoms with Gasteiger partial charge in [-0.25, -0.2) is 0 Å². The molecule has 0 bridgehead atoms. The number of piperidine rings is 1. The lowest BCUT2D eigenvalue weighted by Gasteiger charge is -2.43. The predicted octanol–water partition coefficient (Wildman–Crippen LogP) is 3.44. The van der Waals surface area contributed by atoms with Gasteiger partial charge in [-0.15, -0.1) is 0 Å². The van der Waals surface area contributed by atoms with Crippen molar-refractivity contribution in [2.75, 3.05) is 26.2 Å². The van der Waals surface area contributed by atoms with Crippen molar-refractivity contribution in [2.45, 2.75) is 65.2 Å². The first kappa shape index (κ1) is 16.8. The van der Waals surface area contributed by atoms with Crippen molar-refractivity contribution in [3.8, 4) is 0 Å². The molecule has 122 valence electrons. The minimum absolute atomic E-state index is 0.367. The van der Waals surface area contributed by atoms with Gasteiger partial charge in [-0.05, 0) is 50.6 Å². The van der Waals surface area contributed by atoms with Crippen molar-refractivity contribution < 1.29 is 4.79 Å². The summed E-state index contributed by atoms with van der Waals surface area (Å²) < 4.78 is 0. The largest absolute Gasteiger partial charge is 0.342 e. The van der Waals surface area contributed by atoms with Crippen LogP contribution in [-0.4, -0.2) is 37.0 Å². The lowest BCUT2D eigenvalue weighted by Crippen LogP contribution is -2.53. The molecule has 21 heavy (non-hydrogen) atoms. The highest BCUT2D eigenvalue weighted by molar-refractivity contribution is 5.79. The molecule has 0 spiro atoms. The number of hydrogen-bond donors (Lipinski definition) is 1. The molecule has 0 unspecified atom stereocenters. The molecule has 2 heterocycles. The monoisotopic (exact) mass is 294 g/mol. The van der Waals surface area contributed by atoms with Gasteiger partial charge in [-0.3, -0.25) is 4.79 Å². The Morgan fingerprint density at radius 3 is 1.95 bits per heavy atom. The normalized spacial score (nSPS) is 24.2. The number of amides is 1. The van der Waals surface area contributed by atoms with Gasteiger partial charge >= 0.3 is 0 Å². The second-order valence-corrected chi connectivity index (χ2v) is 7.39. The Morgan fingerprint density at radius 2 is 1.52 bits per heavy atom. The molecule has 1 aliphatic carbocycles. The third-order valence-electron chi connectivity index (χ3n) is 5.33. The van der Waals surface area contributed by atoms with Crippen LogP contribution < -0.4 is 5.32 Å². The van der Waals surface area contributed by atoms with E-state index in [0.717, 1.165) is 37.8 Å². The standard InChI is InChI=1S/C13H23NO.C5H11N/c1-10(2)12-8-14(9-12)13(15)11-6-4-3-5-7-11;1-2-4-6-5-3-1/h10-12H,3-9H2,1-2H3;6H,1-5H2. The van der Waals surface area contributed by atoms with E-state index < -0.39 is 0 Å². The fourth-order valence-electron chi connectivity index (χ4n) is 3.52. The zero-order valence-corrected chi connectivity index (χ0v) is 14.1. The SMILES string of the molecule is C1CCNCC1.CC(C)C1CN(C(=O)C2CCCCC2)C1. The molecule has 0 radical (unpaired) electrons. The topological polar surface area (TPSA) is 32.3 Å². The van der Waals surface area contributed by atoms with Crippen molar-refractivity contribution in [3.63, 3.8) is 0 Å². The van der Waals surface area contributed by atoms with Crippen LogP contribution in [0.5, 0.6) is 0 Å². The minimum atomic E-state index is 0.367. The third kappa shape index (κ3) is 5.28. The number of carbonyl (C=O) groups is 1. The van der Waals surface area contributed by atoms with E-state index >= 15 is 0 Å². The summed E-state index contributed by atoms with van der Waals surface area (Å²) in [6, 6.07) is 0. The molecular weight excluding hydrogens is 260 g/mol. The zero-order chi connectivity index (χ0) is 15.1. The molecule has 0 aromatic rings. The molecule has 3 rings (SSSR count). The molecule has 0 atom stereocenters. The summed E-state index contributed by atoms with van der Waals surface area (Å²) >= 11 is 0. The van der Waals surface area contributed by atoms with E-state index in [-0.39, 0.29) is 0 Å². The molecule has 1 saturated carbocycles. The van der Waals surface area contributed by atoms with Gasteiger partial charge in [0.25, 0.3) is 0 Å². The second-order valence-electron chi connectivity index (χ2n) is 7.39. The molecule has 0 aromatic carbocycles. The van der Waals surface area contributed by atoms with Crippen molar-refractivity contribution in [1.29, 1.82) is 0 Å². The van der Waals surface area contributed by atoms with Gasteiger partial charge in [0.05, 0.1) is 0 Å². The molecule has 2 aliphatic heterocycles. The van der Waals surface area contributed by atoms with Gasteiger partial charge in [-0.1, -0.05) is 39.5 Å². The molecule has 0 aromatic heterocycles. The number of rotatable bonds is 2. The maximum Gasteiger partial charge on any atom is 0.225 e. The minimum Gasteiger partial charge on any atom is -0.342 e. The Labute approximate surface area is 130 Å². The highest BCUT2D eigenvalue weighted by Gasteiger charge is 2.35. The quantitative estimate of drug-likeness (QED) is 0.846. The van der Waals surface area contributed by atoms with Crippen LogP contribution in [0.3, 0.4) is 0 Å². The molecule has 1 amide bonds. The molecule has 3 aliphatic rings. The second kappa shape index (κ2) is 8.77. The van der Waals surface area contributed by atoms with Crippen molar-refractivity contribution in [3.05, 3.63) is 0 Å². The Morgan fingerprint density at radius 1 is 0.952 bits per heavy atom. The van der Waals surface area contributed by atoms with Crippen LogP contribution in [-0.2, 0) is 4.79 Å². The Hall–Kier alpha value is -0.570. The van der Waals surface area contributed by atoms with Crippen LogP contribution in [0.15, 0.2) is 0 Å². The maximum atomic E-state index is 12.1. The number of nitrogens with one attached hydrogen (secondary N) is 1. The Bertz CT molecular complexity index is 289.